The van der Waals surface area contributed by atoms with E-state index >= 15 is 0 Å². The number of tetrazole rings is 1. The molecular weight excluding hydrogens is 699 g/mol. The monoisotopic (exact) mass is 735 g/mol. The van der Waals surface area contributed by atoms with Crippen LogP contribution in [0.15, 0.2) is 166 Å². The number of rotatable bonds is 12. The summed E-state index contributed by atoms with van der Waals surface area (Å²) in [6, 6.07) is 46.2. The van der Waals surface area contributed by atoms with Gasteiger partial charge >= 0.3 is 0 Å². The van der Waals surface area contributed by atoms with E-state index in [-0.39, 0.29) is 11.7 Å². The van der Waals surface area contributed by atoms with Gasteiger partial charge in [-0.1, -0.05) is 147 Å². The first-order chi connectivity index (χ1) is 27.6. The normalized spacial score (nSPS) is 15.0. The summed E-state index contributed by atoms with van der Waals surface area (Å²) in [5.74, 6) is 1.08. The van der Waals surface area contributed by atoms with Crippen molar-refractivity contribution in [3.8, 4) is 0 Å². The number of hydrogen-bond donors (Lipinski definition) is 1. The summed E-state index contributed by atoms with van der Waals surface area (Å²) in [7, 11) is 0. The molecule has 2 aromatic heterocycles. The van der Waals surface area contributed by atoms with Crippen LogP contribution in [0.1, 0.15) is 70.5 Å². The number of fused-ring (bicyclic) bond motifs is 1. The Kier molecular flexibility index (Phi) is 8.98. The average Bonchev–Trinajstić information content (AvgIpc) is 4.07. The second-order valence-electron chi connectivity index (χ2n) is 13.8. The summed E-state index contributed by atoms with van der Waals surface area (Å²) in [5, 5.41) is 34.4. The molecule has 0 fully saturated rings. The molecule has 5 aromatic carbocycles. The molecule has 0 atom stereocenters. The minimum Gasteiger partial charge on any atom is -0.324 e. The maximum absolute atomic E-state index is 13.0. The highest BCUT2D eigenvalue weighted by Gasteiger charge is 2.46. The van der Waals surface area contributed by atoms with Gasteiger partial charge in [-0.15, -0.1) is 25.2 Å². The molecule has 1 N–H and O–H groups in total. The van der Waals surface area contributed by atoms with Crippen molar-refractivity contribution in [2.24, 2.45) is 20.7 Å². The van der Waals surface area contributed by atoms with Crippen molar-refractivity contribution in [1.29, 1.82) is 0 Å². The summed E-state index contributed by atoms with van der Waals surface area (Å²) in [5.41, 5.74) is 5.35. The van der Waals surface area contributed by atoms with Crippen molar-refractivity contribution in [3.63, 3.8) is 0 Å². The fourth-order valence-electron chi connectivity index (χ4n) is 7.62. The SMILES string of the molecule is CCCCc1ncc(C=C2C(=O)Nc3ccccc32)n1Cc1ccc(C2(c3nnn(C(c4ccccc4)(c4ccccc4)c4ccccc4)n3)N=NN=N2)cc1. The van der Waals surface area contributed by atoms with Crippen LogP contribution in [0.25, 0.3) is 11.6 Å². The van der Waals surface area contributed by atoms with E-state index in [0.29, 0.717) is 17.7 Å². The van der Waals surface area contributed by atoms with E-state index in [4.69, 9.17) is 15.3 Å². The molecule has 0 bridgehead atoms. The number of unbranched alkanes of at least 4 members (excludes halogenated alkanes) is 1. The van der Waals surface area contributed by atoms with Crippen molar-refractivity contribution in [2.45, 2.75) is 43.9 Å². The molecule has 12 heteroatoms. The third-order valence-electron chi connectivity index (χ3n) is 10.4. The Morgan fingerprint density at radius 1 is 0.750 bits per heavy atom. The average molecular weight is 736 g/mol. The molecule has 4 heterocycles. The molecule has 274 valence electrons. The molecule has 0 spiro atoms. The summed E-state index contributed by atoms with van der Waals surface area (Å²) >= 11 is 0. The van der Waals surface area contributed by atoms with Gasteiger partial charge < -0.3 is 9.88 Å². The lowest BCUT2D eigenvalue weighted by Crippen LogP contribution is -2.40. The lowest BCUT2D eigenvalue weighted by Gasteiger charge is -2.34. The third kappa shape index (κ3) is 5.91. The Morgan fingerprint density at radius 2 is 1.36 bits per heavy atom. The van der Waals surface area contributed by atoms with Crippen LogP contribution in [-0.4, -0.2) is 35.7 Å². The molecule has 12 nitrogen and oxygen atoms in total. The highest BCUT2D eigenvalue weighted by molar-refractivity contribution is 6.34. The Hall–Kier alpha value is -7.21. The Bertz CT molecular complexity index is 2480. The highest BCUT2D eigenvalue weighted by atomic mass is 16.2. The zero-order valence-corrected chi connectivity index (χ0v) is 30.6. The van der Waals surface area contributed by atoms with Gasteiger partial charge in [0.1, 0.15) is 5.82 Å². The second kappa shape index (κ2) is 14.6. The molecule has 1 amide bonds. The molecule has 2 aliphatic heterocycles. The standard InChI is InChI=1S/C44H37N11O/c1-2-3-23-40-45-29-36(28-38-37-21-13-14-22-39(37)46-41(38)56)54(40)30-31-24-26-35(27-25-31)44(49-51-52-50-44)42-47-53-55(48-42)43(32-15-7-4-8-16-32,33-17-9-5-10-18-33)34-19-11-6-12-20-34/h4-22,24-29H,2-3,23,30H2,1H3,(H,46,56). The second-order valence-corrected chi connectivity index (χ2v) is 13.8. The largest absolute Gasteiger partial charge is 0.324 e. The Balaban J connectivity index is 1.09. The van der Waals surface area contributed by atoms with Crippen molar-refractivity contribution >= 4 is 23.2 Å². The molecular formula is C44H37N11O. The van der Waals surface area contributed by atoms with Crippen LogP contribution < -0.4 is 5.32 Å². The number of benzene rings is 5. The van der Waals surface area contributed by atoms with Crippen molar-refractivity contribution in [1.82, 2.24) is 29.8 Å². The number of nitrogens with zero attached hydrogens (tertiary/aromatic N) is 10. The highest BCUT2D eigenvalue weighted by Crippen LogP contribution is 2.42. The zero-order valence-electron chi connectivity index (χ0n) is 30.6. The van der Waals surface area contributed by atoms with Crippen LogP contribution in [0, 0.1) is 0 Å². The first-order valence-electron chi connectivity index (χ1n) is 18.7. The lowest BCUT2D eigenvalue weighted by atomic mass is 9.77. The fourth-order valence-corrected chi connectivity index (χ4v) is 7.62. The van der Waals surface area contributed by atoms with Gasteiger partial charge in [-0.25, -0.2) is 4.98 Å². The van der Waals surface area contributed by atoms with E-state index in [2.05, 4.69) is 79.0 Å². The van der Waals surface area contributed by atoms with Crippen molar-refractivity contribution < 1.29 is 4.79 Å². The van der Waals surface area contributed by atoms with Gasteiger partial charge in [-0.2, -0.15) is 0 Å². The van der Waals surface area contributed by atoms with Gasteiger partial charge in [0.05, 0.1) is 17.5 Å². The van der Waals surface area contributed by atoms with Crippen LogP contribution in [0.5, 0.6) is 0 Å². The summed E-state index contributed by atoms with van der Waals surface area (Å²) in [6.07, 6.45) is 6.65. The summed E-state index contributed by atoms with van der Waals surface area (Å²) < 4.78 is 2.18. The number of carbonyl (C=O) groups is 1. The Morgan fingerprint density at radius 3 is 1.98 bits per heavy atom. The number of aryl methyl sites for hydroxylation is 1. The van der Waals surface area contributed by atoms with E-state index in [0.717, 1.165) is 64.3 Å². The maximum Gasteiger partial charge on any atom is 0.282 e. The van der Waals surface area contributed by atoms with E-state index in [1.807, 2.05) is 115 Å². The predicted molar refractivity (Wildman–Crippen MR) is 212 cm³/mol. The smallest absolute Gasteiger partial charge is 0.282 e. The van der Waals surface area contributed by atoms with Gasteiger partial charge in [-0.3, -0.25) is 4.79 Å². The fraction of sp³-hybridized carbons (Fsp3) is 0.159. The molecule has 0 saturated heterocycles. The molecule has 0 saturated carbocycles. The number of hydrogen-bond acceptors (Lipinski definition) is 9. The molecule has 56 heavy (non-hydrogen) atoms. The quantitative estimate of drug-likeness (QED) is 0.0989. The first-order valence-corrected chi connectivity index (χ1v) is 18.7. The first kappa shape index (κ1) is 34.6. The number of nitrogens with one attached hydrogen (secondary N) is 1. The number of anilines is 1. The van der Waals surface area contributed by atoms with Gasteiger partial charge in [-0.05, 0) is 56.5 Å². The molecule has 2 aliphatic rings. The molecule has 0 radical (unpaired) electrons. The van der Waals surface area contributed by atoms with E-state index in [9.17, 15) is 4.79 Å². The Labute approximate surface area is 323 Å². The minimum atomic E-state index is -1.44. The van der Waals surface area contributed by atoms with Gasteiger partial charge in [0.15, 0.2) is 5.54 Å². The topological polar surface area (TPSA) is 140 Å². The number of para-hydroxylation sites is 1. The minimum absolute atomic E-state index is 0.123. The van der Waals surface area contributed by atoms with Crippen LogP contribution in [-0.2, 0) is 29.0 Å². The van der Waals surface area contributed by atoms with Crippen LogP contribution in [0.3, 0.4) is 0 Å². The van der Waals surface area contributed by atoms with Gasteiger partial charge in [0.25, 0.3) is 11.6 Å². The predicted octanol–water partition coefficient (Wildman–Crippen LogP) is 8.63. The maximum atomic E-state index is 13.0. The van der Waals surface area contributed by atoms with Gasteiger partial charge in [0, 0.05) is 29.8 Å². The molecule has 7 aromatic rings. The number of carbonyl (C=O) groups excluding carboxylic acids is 1. The molecule has 9 rings (SSSR count). The van der Waals surface area contributed by atoms with E-state index in [1.54, 1.807) is 4.80 Å². The summed E-state index contributed by atoms with van der Waals surface area (Å²) in [6.45, 7) is 2.71. The van der Waals surface area contributed by atoms with Crippen molar-refractivity contribution in [2.75, 3.05) is 5.32 Å². The third-order valence-corrected chi connectivity index (χ3v) is 10.4. The number of aromatic nitrogens is 6. The summed E-state index contributed by atoms with van der Waals surface area (Å²) in [4.78, 5) is 19.5. The van der Waals surface area contributed by atoms with Crippen LogP contribution in [0.2, 0.25) is 0 Å². The van der Waals surface area contributed by atoms with Crippen LogP contribution in [0.4, 0.5) is 5.69 Å². The van der Waals surface area contributed by atoms with E-state index in [1.165, 1.54) is 0 Å². The number of amides is 1. The van der Waals surface area contributed by atoms with Crippen molar-refractivity contribution in [3.05, 3.63) is 196 Å². The van der Waals surface area contributed by atoms with Gasteiger partial charge in [0.2, 0.25) is 5.82 Å². The van der Waals surface area contributed by atoms with E-state index < -0.39 is 11.2 Å². The molecule has 0 aliphatic carbocycles. The number of imidazole rings is 1. The van der Waals surface area contributed by atoms with Crippen LogP contribution >= 0.6 is 0 Å². The zero-order chi connectivity index (χ0) is 38.0. The lowest BCUT2D eigenvalue weighted by molar-refractivity contribution is -0.110. The molecule has 0 unspecified atom stereocenters.